The number of aromatic nitrogens is 1. The summed E-state index contributed by atoms with van der Waals surface area (Å²) in [7, 11) is 2.95. The second-order valence-corrected chi connectivity index (χ2v) is 6.00. The summed E-state index contributed by atoms with van der Waals surface area (Å²) in [4.78, 5) is 40.1. The van der Waals surface area contributed by atoms with Gasteiger partial charge < -0.3 is 14.8 Å². The lowest BCUT2D eigenvalue weighted by molar-refractivity contribution is -0.123. The van der Waals surface area contributed by atoms with Crippen LogP contribution >= 0.6 is 0 Å². The molecule has 0 spiro atoms. The van der Waals surface area contributed by atoms with Gasteiger partial charge in [0.25, 0.3) is 5.91 Å². The van der Waals surface area contributed by atoms with Gasteiger partial charge in [-0.1, -0.05) is 18.2 Å². The molecule has 0 aliphatic heterocycles. The Morgan fingerprint density at radius 2 is 1.76 bits per heavy atom. The maximum absolute atomic E-state index is 12.7. The number of imide groups is 1. The Kier molecular flexibility index (Phi) is 6.03. The minimum Gasteiger partial charge on any atom is -0.497 e. The molecule has 8 heteroatoms. The molecular formula is C21H19N3O5. The zero-order chi connectivity index (χ0) is 20.8. The third-order valence-corrected chi connectivity index (χ3v) is 4.14. The zero-order valence-electron chi connectivity index (χ0n) is 15.9. The molecule has 3 rings (SSSR count). The lowest BCUT2D eigenvalue weighted by atomic mass is 10.0. The van der Waals surface area contributed by atoms with Crippen LogP contribution in [0.2, 0.25) is 0 Å². The molecule has 2 aromatic carbocycles. The van der Waals surface area contributed by atoms with Crippen LogP contribution in [0.4, 0.5) is 4.79 Å². The fraction of sp³-hybridized carbons (Fsp3) is 0.143. The Balaban J connectivity index is 1.90. The lowest BCUT2D eigenvalue weighted by Crippen LogP contribution is -2.39. The van der Waals surface area contributed by atoms with E-state index in [0.717, 1.165) is 5.56 Å². The smallest absolute Gasteiger partial charge is 0.339 e. The van der Waals surface area contributed by atoms with Crippen LogP contribution in [0.3, 0.4) is 0 Å². The summed E-state index contributed by atoms with van der Waals surface area (Å²) in [5.41, 5.74) is 2.26. The fourth-order valence-electron chi connectivity index (χ4n) is 2.69. The van der Waals surface area contributed by atoms with Crippen LogP contribution < -0.4 is 15.4 Å². The summed E-state index contributed by atoms with van der Waals surface area (Å²) in [5.74, 6) is -0.715. The fourth-order valence-corrected chi connectivity index (χ4v) is 2.69. The van der Waals surface area contributed by atoms with Gasteiger partial charge >= 0.3 is 12.0 Å². The Labute approximate surface area is 166 Å². The highest BCUT2D eigenvalue weighted by Gasteiger charge is 2.17. The third-order valence-electron chi connectivity index (χ3n) is 4.14. The van der Waals surface area contributed by atoms with Gasteiger partial charge in [-0.2, -0.15) is 0 Å². The van der Waals surface area contributed by atoms with Crippen molar-refractivity contribution in [3.8, 4) is 17.0 Å². The van der Waals surface area contributed by atoms with Crippen LogP contribution in [0.25, 0.3) is 22.2 Å². The molecule has 0 aliphatic rings. The van der Waals surface area contributed by atoms with Crippen molar-refractivity contribution in [2.75, 3.05) is 20.8 Å². The molecule has 0 saturated carbocycles. The molecule has 0 unspecified atom stereocenters. The van der Waals surface area contributed by atoms with Crippen molar-refractivity contribution in [3.63, 3.8) is 0 Å². The Hall–Kier alpha value is -3.94. The molecule has 0 bridgehead atoms. The van der Waals surface area contributed by atoms with Crippen molar-refractivity contribution in [3.05, 3.63) is 60.2 Å². The largest absolute Gasteiger partial charge is 0.497 e. The number of hydrogen-bond acceptors (Lipinski definition) is 6. The van der Waals surface area contributed by atoms with E-state index in [4.69, 9.17) is 9.47 Å². The maximum atomic E-state index is 12.7. The van der Waals surface area contributed by atoms with Gasteiger partial charge in [0.2, 0.25) is 0 Å². The van der Waals surface area contributed by atoms with Gasteiger partial charge in [0.05, 0.1) is 23.9 Å². The molecule has 8 nitrogen and oxygen atoms in total. The number of fused-ring (bicyclic) bond motifs is 1. The maximum Gasteiger partial charge on any atom is 0.339 e. The van der Waals surface area contributed by atoms with E-state index >= 15 is 0 Å². The molecule has 0 aliphatic carbocycles. The zero-order valence-corrected chi connectivity index (χ0v) is 15.9. The van der Waals surface area contributed by atoms with Crippen molar-refractivity contribution in [2.45, 2.75) is 0 Å². The summed E-state index contributed by atoms with van der Waals surface area (Å²) in [6.45, 7) is -0.583. The molecule has 148 valence electrons. The standard InChI is InChI=1S/C21H19N3O5/c1-22-21(27)24-19(25)12-29-20(26)16-11-18(13-7-9-14(28-2)10-8-13)23-17-6-4-3-5-15(16)17/h3-11H,12H2,1-2H3,(H2,22,24,25,27). The highest BCUT2D eigenvalue weighted by molar-refractivity contribution is 6.05. The molecule has 1 heterocycles. The van der Waals surface area contributed by atoms with Crippen LogP contribution in [0.15, 0.2) is 54.6 Å². The van der Waals surface area contributed by atoms with Crippen molar-refractivity contribution in [1.29, 1.82) is 0 Å². The summed E-state index contributed by atoms with van der Waals surface area (Å²) in [5, 5.41) is 4.87. The highest BCUT2D eigenvalue weighted by atomic mass is 16.5. The molecule has 2 N–H and O–H groups in total. The van der Waals surface area contributed by atoms with Crippen LogP contribution in [-0.2, 0) is 9.53 Å². The highest BCUT2D eigenvalue weighted by Crippen LogP contribution is 2.26. The minimum atomic E-state index is -0.730. The molecule has 3 aromatic rings. The summed E-state index contributed by atoms with van der Waals surface area (Å²) in [6.07, 6.45) is 0. The number of carbonyl (C=O) groups is 3. The van der Waals surface area contributed by atoms with E-state index in [-0.39, 0.29) is 5.56 Å². The van der Waals surface area contributed by atoms with Gasteiger partial charge in [-0.05, 0) is 36.4 Å². The summed E-state index contributed by atoms with van der Waals surface area (Å²) < 4.78 is 10.3. The van der Waals surface area contributed by atoms with E-state index in [2.05, 4.69) is 10.3 Å². The topological polar surface area (TPSA) is 107 Å². The molecule has 29 heavy (non-hydrogen) atoms. The first-order chi connectivity index (χ1) is 14.0. The van der Waals surface area contributed by atoms with Crippen LogP contribution in [0, 0.1) is 0 Å². The second kappa shape index (κ2) is 8.83. The number of nitrogens with zero attached hydrogens (tertiary/aromatic N) is 1. The number of ether oxygens (including phenoxy) is 2. The molecule has 1 aromatic heterocycles. The van der Waals surface area contributed by atoms with E-state index in [1.807, 2.05) is 23.5 Å². The van der Waals surface area contributed by atoms with Gasteiger partial charge in [-0.15, -0.1) is 0 Å². The second-order valence-electron chi connectivity index (χ2n) is 6.00. The Morgan fingerprint density at radius 1 is 1.03 bits per heavy atom. The predicted molar refractivity (Wildman–Crippen MR) is 107 cm³/mol. The number of carbonyl (C=O) groups excluding carboxylic acids is 3. The third kappa shape index (κ3) is 4.67. The number of benzene rings is 2. The first-order valence-corrected chi connectivity index (χ1v) is 8.74. The number of esters is 1. The van der Waals surface area contributed by atoms with E-state index in [1.54, 1.807) is 43.5 Å². The average Bonchev–Trinajstić information content (AvgIpc) is 2.76. The number of nitrogens with one attached hydrogen (secondary N) is 2. The normalized spacial score (nSPS) is 10.3. The first kappa shape index (κ1) is 19.8. The quantitative estimate of drug-likeness (QED) is 0.645. The molecular weight excluding hydrogens is 374 g/mol. The number of hydrogen-bond donors (Lipinski definition) is 2. The predicted octanol–water partition coefficient (Wildman–Crippen LogP) is 2.52. The monoisotopic (exact) mass is 393 g/mol. The molecule has 0 radical (unpaired) electrons. The van der Waals surface area contributed by atoms with Crippen molar-refractivity contribution >= 4 is 28.8 Å². The van der Waals surface area contributed by atoms with E-state index < -0.39 is 24.5 Å². The molecule has 0 fully saturated rings. The molecule has 0 saturated heterocycles. The number of rotatable bonds is 5. The van der Waals surface area contributed by atoms with Gasteiger partial charge in [-0.25, -0.2) is 14.6 Å². The van der Waals surface area contributed by atoms with Crippen molar-refractivity contribution in [1.82, 2.24) is 15.6 Å². The molecule has 3 amide bonds. The number of para-hydroxylation sites is 1. The van der Waals surface area contributed by atoms with Crippen molar-refractivity contribution in [2.24, 2.45) is 0 Å². The minimum absolute atomic E-state index is 0.272. The van der Waals surface area contributed by atoms with E-state index in [1.165, 1.54) is 7.05 Å². The SMILES string of the molecule is CNC(=O)NC(=O)COC(=O)c1cc(-c2ccc(OC)cc2)nc2ccccc12. The number of urea groups is 1. The molecule has 0 atom stereocenters. The summed E-state index contributed by atoms with van der Waals surface area (Å²) in [6, 6.07) is 15.3. The van der Waals surface area contributed by atoms with Crippen LogP contribution in [0.1, 0.15) is 10.4 Å². The van der Waals surface area contributed by atoms with Gasteiger partial charge in [0.1, 0.15) is 5.75 Å². The number of methoxy groups -OCH3 is 1. The van der Waals surface area contributed by atoms with Gasteiger partial charge in [0, 0.05) is 18.0 Å². The number of amides is 3. The van der Waals surface area contributed by atoms with Crippen LogP contribution in [0.5, 0.6) is 5.75 Å². The Morgan fingerprint density at radius 3 is 2.45 bits per heavy atom. The summed E-state index contributed by atoms with van der Waals surface area (Å²) >= 11 is 0. The van der Waals surface area contributed by atoms with Crippen molar-refractivity contribution < 1.29 is 23.9 Å². The van der Waals surface area contributed by atoms with E-state index in [0.29, 0.717) is 22.3 Å². The lowest BCUT2D eigenvalue weighted by Gasteiger charge is -2.10. The van der Waals surface area contributed by atoms with Gasteiger partial charge in [0.15, 0.2) is 6.61 Å². The first-order valence-electron chi connectivity index (χ1n) is 8.74. The van der Waals surface area contributed by atoms with E-state index in [9.17, 15) is 14.4 Å². The van der Waals surface area contributed by atoms with Gasteiger partial charge in [-0.3, -0.25) is 10.1 Å². The average molecular weight is 393 g/mol. The Bertz CT molecular complexity index is 1060. The number of pyridine rings is 1. The van der Waals surface area contributed by atoms with Crippen LogP contribution in [-0.4, -0.2) is 43.7 Å².